The molecule has 4 nitrogen and oxygen atoms in total. The molecule has 0 saturated heterocycles. The lowest BCUT2D eigenvalue weighted by molar-refractivity contribution is 0.863. The van der Waals surface area contributed by atoms with Crippen LogP contribution in [0.4, 0.5) is 0 Å². The van der Waals surface area contributed by atoms with Crippen molar-refractivity contribution in [2.24, 2.45) is 15.9 Å². The molecule has 1 aromatic heterocycles. The molecule has 1 heterocycles. The topological polar surface area (TPSA) is 61.5 Å². The van der Waals surface area contributed by atoms with E-state index in [4.69, 9.17) is 20.4 Å². The quantitative estimate of drug-likeness (QED) is 0.0697. The molecule has 222 valence electrons. The van der Waals surface area contributed by atoms with Gasteiger partial charge in [0.2, 0.25) is 0 Å². The molecule has 5 aromatic carbocycles. The molecule has 6 aromatic rings. The van der Waals surface area contributed by atoms with Crippen molar-refractivity contribution in [3.63, 3.8) is 0 Å². The maximum Gasteiger partial charge on any atom is 0.149 e. The highest BCUT2D eigenvalue weighted by atomic mass is 15.0. The van der Waals surface area contributed by atoms with Gasteiger partial charge < -0.3 is 0 Å². The molecule has 7 rings (SSSR count). The van der Waals surface area contributed by atoms with E-state index in [2.05, 4.69) is 91.0 Å². The lowest BCUT2D eigenvalue weighted by Gasteiger charge is -2.19. The Kier molecular flexibility index (Phi) is 8.01. The van der Waals surface area contributed by atoms with E-state index in [1.807, 2.05) is 68.6 Å². The summed E-state index contributed by atoms with van der Waals surface area (Å²) in [5.41, 5.74) is 4.70. The van der Waals surface area contributed by atoms with E-state index in [1.54, 1.807) is 0 Å². The van der Waals surface area contributed by atoms with E-state index in [1.165, 1.54) is 26.9 Å². The van der Waals surface area contributed by atoms with Gasteiger partial charge in [-0.3, -0.25) is 5.41 Å². The fourth-order valence-electron chi connectivity index (χ4n) is 6.11. The Morgan fingerprint density at radius 3 is 2.37 bits per heavy atom. The zero-order chi connectivity index (χ0) is 31.5. The molecule has 1 atom stereocenters. The molecule has 0 saturated carbocycles. The number of benzene rings is 5. The maximum atomic E-state index is 8.75. The molecule has 0 radical (unpaired) electrons. The highest BCUT2D eigenvalue weighted by molar-refractivity contribution is 6.23. The van der Waals surface area contributed by atoms with E-state index >= 15 is 0 Å². The zero-order valence-corrected chi connectivity index (χ0v) is 26.0. The molecular formula is C42H34N4. The van der Waals surface area contributed by atoms with Gasteiger partial charge in [-0.1, -0.05) is 127 Å². The van der Waals surface area contributed by atoms with E-state index in [0.29, 0.717) is 5.84 Å². The Balaban J connectivity index is 1.41. The molecule has 4 heteroatoms. The summed E-state index contributed by atoms with van der Waals surface area (Å²) in [5.74, 6) is 0.681. The Morgan fingerprint density at radius 2 is 1.57 bits per heavy atom. The fourth-order valence-corrected chi connectivity index (χ4v) is 6.11. The van der Waals surface area contributed by atoms with Crippen molar-refractivity contribution < 1.29 is 0 Å². The largest absolute Gasteiger partial charge is 0.283 e. The van der Waals surface area contributed by atoms with Crippen molar-refractivity contribution in [1.29, 1.82) is 5.41 Å². The maximum absolute atomic E-state index is 8.75. The number of fused-ring (bicyclic) bond motifs is 6. The third-order valence-electron chi connectivity index (χ3n) is 8.51. The second kappa shape index (κ2) is 12.7. The molecular weight excluding hydrogens is 560 g/mol. The first-order valence-corrected chi connectivity index (χ1v) is 15.7. The van der Waals surface area contributed by atoms with Crippen LogP contribution in [0.15, 0.2) is 155 Å². The number of allylic oxidation sites excluding steroid dienone is 6. The lowest BCUT2D eigenvalue weighted by atomic mass is 9.89. The third kappa shape index (κ3) is 5.73. The molecule has 0 bridgehead atoms. The minimum Gasteiger partial charge on any atom is -0.283 e. The molecule has 0 fully saturated rings. The summed E-state index contributed by atoms with van der Waals surface area (Å²) in [6, 6.07) is 36.0. The van der Waals surface area contributed by atoms with Crippen LogP contribution >= 0.6 is 0 Å². The monoisotopic (exact) mass is 594 g/mol. The fraction of sp³-hybridized carbons (Fsp3) is 0.0952. The molecule has 1 unspecified atom stereocenters. The molecule has 0 spiro atoms. The number of amidine groups is 2. The van der Waals surface area contributed by atoms with Crippen LogP contribution in [-0.2, 0) is 0 Å². The minimum absolute atomic E-state index is 0.126. The number of hydrogen-bond donors (Lipinski definition) is 1. The van der Waals surface area contributed by atoms with Crippen molar-refractivity contribution in [3.8, 4) is 0 Å². The van der Waals surface area contributed by atoms with Gasteiger partial charge in [0.05, 0.1) is 11.2 Å². The van der Waals surface area contributed by atoms with Crippen molar-refractivity contribution in [2.45, 2.75) is 20.3 Å². The molecule has 1 aliphatic carbocycles. The summed E-state index contributed by atoms with van der Waals surface area (Å²) in [6.07, 6.45) is 14.9. The Morgan fingerprint density at radius 1 is 0.826 bits per heavy atom. The minimum atomic E-state index is -0.126. The first-order chi connectivity index (χ1) is 22.6. The molecule has 0 aliphatic heterocycles. The highest BCUT2D eigenvalue weighted by Gasteiger charge is 2.21. The van der Waals surface area contributed by atoms with Crippen molar-refractivity contribution >= 4 is 66.7 Å². The van der Waals surface area contributed by atoms with Gasteiger partial charge in [-0.05, 0) is 70.7 Å². The van der Waals surface area contributed by atoms with E-state index in [-0.39, 0.29) is 11.8 Å². The van der Waals surface area contributed by atoms with Crippen molar-refractivity contribution in [3.05, 3.63) is 156 Å². The SMILES string of the molecule is C/C=C\C=C(/C)C(=N)N=C(N=Cc1ccccc1)C1C=C(c2nc3cc4ccccc4cc3c3c2ccc2ccccc23)C=CC1. The van der Waals surface area contributed by atoms with E-state index in [9.17, 15) is 0 Å². The number of pyridine rings is 1. The van der Waals surface area contributed by atoms with Gasteiger partial charge in [0.25, 0.3) is 0 Å². The number of aromatic nitrogens is 1. The number of rotatable bonds is 5. The summed E-state index contributed by atoms with van der Waals surface area (Å²) in [4.78, 5) is 15.0. The first-order valence-electron chi connectivity index (χ1n) is 15.7. The standard InChI is InChI=1S/C42H34N4/c1-3-4-13-28(2)41(43)46-42(44-27-29-14-6-5-7-15-29)34-20-12-19-33(24-34)40-36-23-22-30-16-10-11-21-35(30)39(36)37-25-31-17-8-9-18-32(31)26-38(37)45-40/h3-19,21-27,34,43H,20H2,1-2H3/b4-3-,28-13+,43-41?,44-27?,46-42?. The Bertz CT molecular complexity index is 2320. The second-order valence-electron chi connectivity index (χ2n) is 11.6. The summed E-state index contributed by atoms with van der Waals surface area (Å²) in [7, 11) is 0. The molecule has 1 N–H and O–H groups in total. The van der Waals surface area contributed by atoms with Gasteiger partial charge in [-0.15, -0.1) is 0 Å². The van der Waals surface area contributed by atoms with Crippen LogP contribution in [0.3, 0.4) is 0 Å². The summed E-state index contributed by atoms with van der Waals surface area (Å²) in [6.45, 7) is 3.87. The zero-order valence-electron chi connectivity index (χ0n) is 26.0. The van der Waals surface area contributed by atoms with Gasteiger partial charge in [0.1, 0.15) is 11.7 Å². The average molecular weight is 595 g/mol. The third-order valence-corrected chi connectivity index (χ3v) is 8.51. The van der Waals surface area contributed by atoms with Crippen molar-refractivity contribution in [2.75, 3.05) is 0 Å². The van der Waals surface area contributed by atoms with E-state index in [0.717, 1.165) is 45.1 Å². The van der Waals surface area contributed by atoms with Gasteiger partial charge in [0, 0.05) is 28.3 Å². The first kappa shape index (κ1) is 29.0. The summed E-state index contributed by atoms with van der Waals surface area (Å²) < 4.78 is 0. The predicted octanol–water partition coefficient (Wildman–Crippen LogP) is 10.7. The number of aliphatic imine (C=N–C) groups is 2. The normalized spacial score (nSPS) is 16.0. The van der Waals surface area contributed by atoms with Crippen LogP contribution < -0.4 is 0 Å². The van der Waals surface area contributed by atoms with Crippen molar-refractivity contribution in [1.82, 2.24) is 4.98 Å². The molecule has 0 amide bonds. The average Bonchev–Trinajstić information content (AvgIpc) is 3.11. The number of nitrogens with zero attached hydrogens (tertiary/aromatic N) is 3. The van der Waals surface area contributed by atoms with Crippen LogP contribution in [0, 0.1) is 11.3 Å². The van der Waals surface area contributed by atoms with Crippen LogP contribution in [0.2, 0.25) is 0 Å². The summed E-state index contributed by atoms with van der Waals surface area (Å²) >= 11 is 0. The molecule has 46 heavy (non-hydrogen) atoms. The summed E-state index contributed by atoms with van der Waals surface area (Å²) in [5, 5.41) is 17.0. The number of nitrogens with one attached hydrogen (secondary N) is 1. The van der Waals surface area contributed by atoms with Crippen LogP contribution in [0.25, 0.3) is 48.8 Å². The smallest absolute Gasteiger partial charge is 0.149 e. The van der Waals surface area contributed by atoms with Gasteiger partial charge in [-0.25, -0.2) is 15.0 Å². The lowest BCUT2D eigenvalue weighted by Crippen LogP contribution is -2.15. The van der Waals surface area contributed by atoms with E-state index < -0.39 is 0 Å². The molecule has 1 aliphatic rings. The Labute approximate surface area is 269 Å². The van der Waals surface area contributed by atoms with Crippen LogP contribution in [0.1, 0.15) is 31.5 Å². The highest BCUT2D eigenvalue weighted by Crippen LogP contribution is 2.38. The van der Waals surface area contributed by atoms with Gasteiger partial charge >= 0.3 is 0 Å². The van der Waals surface area contributed by atoms with Gasteiger partial charge in [-0.2, -0.15) is 0 Å². The van der Waals surface area contributed by atoms with Gasteiger partial charge in [0.15, 0.2) is 0 Å². The second-order valence-corrected chi connectivity index (χ2v) is 11.6. The van der Waals surface area contributed by atoms with Crippen LogP contribution in [-0.4, -0.2) is 22.9 Å². The number of hydrogen-bond acceptors (Lipinski definition) is 2. The Hall–Kier alpha value is -5.74. The van der Waals surface area contributed by atoms with Crippen LogP contribution in [0.5, 0.6) is 0 Å². The predicted molar refractivity (Wildman–Crippen MR) is 197 cm³/mol.